The Hall–Kier alpha value is -2.10. The van der Waals surface area contributed by atoms with Crippen LogP contribution in [0.2, 0.25) is 0 Å². The van der Waals surface area contributed by atoms with E-state index in [0.29, 0.717) is 47.6 Å². The van der Waals surface area contributed by atoms with Crippen molar-refractivity contribution in [2.24, 2.45) is 0 Å². The van der Waals surface area contributed by atoms with Crippen LogP contribution in [-0.2, 0) is 10.0 Å². The highest BCUT2D eigenvalue weighted by Gasteiger charge is 2.31. The van der Waals surface area contributed by atoms with Crippen molar-refractivity contribution in [2.75, 3.05) is 39.4 Å². The first-order chi connectivity index (χ1) is 13.9. The molecule has 1 aliphatic rings. The molecule has 0 spiro atoms. The first kappa shape index (κ1) is 21.6. The lowest BCUT2D eigenvalue weighted by atomic mass is 10.1. The number of sulfonamides is 1. The van der Waals surface area contributed by atoms with Crippen LogP contribution in [0.3, 0.4) is 0 Å². The summed E-state index contributed by atoms with van der Waals surface area (Å²) in [5.41, 5.74) is 0.502. The first-order valence-electron chi connectivity index (χ1n) is 9.62. The van der Waals surface area contributed by atoms with E-state index in [1.807, 2.05) is 20.8 Å². The lowest BCUT2D eigenvalue weighted by Crippen LogP contribution is -2.50. The van der Waals surface area contributed by atoms with Crippen molar-refractivity contribution in [3.8, 4) is 11.5 Å². The molecule has 158 valence electrons. The van der Waals surface area contributed by atoms with Gasteiger partial charge >= 0.3 is 0 Å². The summed E-state index contributed by atoms with van der Waals surface area (Å²) >= 11 is 1.27. The second-order valence-electron chi connectivity index (χ2n) is 6.59. The first-order valence-corrected chi connectivity index (χ1v) is 11.9. The van der Waals surface area contributed by atoms with Gasteiger partial charge in [-0.05, 0) is 51.1 Å². The molecule has 0 atom stereocenters. The van der Waals surface area contributed by atoms with E-state index in [0.717, 1.165) is 4.88 Å². The number of ether oxygens (including phenoxy) is 2. The van der Waals surface area contributed by atoms with Gasteiger partial charge in [-0.25, -0.2) is 8.42 Å². The zero-order valence-electron chi connectivity index (χ0n) is 16.9. The average Bonchev–Trinajstić information content (AvgIpc) is 3.16. The van der Waals surface area contributed by atoms with Gasteiger partial charge in [0, 0.05) is 36.6 Å². The van der Waals surface area contributed by atoms with Crippen molar-refractivity contribution >= 4 is 27.3 Å². The molecule has 0 N–H and O–H groups in total. The van der Waals surface area contributed by atoms with E-state index in [1.54, 1.807) is 35.2 Å². The number of carbonyl (C=O) groups is 1. The fraction of sp³-hybridized carbons (Fsp3) is 0.450. The van der Waals surface area contributed by atoms with E-state index in [9.17, 15) is 13.2 Å². The molecule has 1 aliphatic heterocycles. The second kappa shape index (κ2) is 9.15. The molecule has 29 heavy (non-hydrogen) atoms. The van der Waals surface area contributed by atoms with E-state index in [1.165, 1.54) is 15.6 Å². The summed E-state index contributed by atoms with van der Waals surface area (Å²) < 4.78 is 38.5. The number of rotatable bonds is 7. The highest BCUT2D eigenvalue weighted by atomic mass is 32.2. The number of hydrogen-bond donors (Lipinski definition) is 0. The van der Waals surface area contributed by atoms with E-state index < -0.39 is 10.0 Å². The molecule has 1 amide bonds. The van der Waals surface area contributed by atoms with Crippen LogP contribution in [0.25, 0.3) is 0 Å². The molecule has 1 fully saturated rings. The van der Waals surface area contributed by atoms with Gasteiger partial charge < -0.3 is 14.4 Å². The number of thiophene rings is 1. The number of amides is 1. The minimum Gasteiger partial charge on any atom is -0.490 e. The van der Waals surface area contributed by atoms with Crippen LogP contribution in [-0.4, -0.2) is 62.9 Å². The molecular formula is C20H26N2O5S2. The minimum atomic E-state index is -3.50. The standard InChI is InChI=1S/C20H26N2O5S2/c1-4-26-17-8-7-16(14-18(17)27-5-2)20(23)21-10-12-22(13-11-21)29(24,25)19-9-6-15(3)28-19/h6-9,14H,4-5,10-13H2,1-3H3. The Bertz CT molecular complexity index is 963. The van der Waals surface area contributed by atoms with Gasteiger partial charge in [-0.15, -0.1) is 11.3 Å². The topological polar surface area (TPSA) is 76.2 Å². The molecule has 0 saturated carbocycles. The van der Waals surface area contributed by atoms with Gasteiger partial charge in [-0.3, -0.25) is 4.79 Å². The number of carbonyl (C=O) groups excluding carboxylic acids is 1. The molecule has 0 bridgehead atoms. The predicted octanol–water partition coefficient (Wildman–Crippen LogP) is 3.00. The van der Waals surface area contributed by atoms with Crippen LogP contribution in [0.1, 0.15) is 29.1 Å². The maximum atomic E-state index is 12.9. The average molecular weight is 439 g/mol. The van der Waals surface area contributed by atoms with Gasteiger partial charge in [-0.1, -0.05) is 0 Å². The number of piperazine rings is 1. The quantitative estimate of drug-likeness (QED) is 0.664. The third-order valence-corrected chi connectivity index (χ3v) is 7.99. The molecule has 3 rings (SSSR count). The molecule has 2 heterocycles. The third-order valence-electron chi connectivity index (χ3n) is 4.63. The lowest BCUT2D eigenvalue weighted by Gasteiger charge is -2.33. The van der Waals surface area contributed by atoms with Crippen molar-refractivity contribution < 1.29 is 22.7 Å². The van der Waals surface area contributed by atoms with E-state index >= 15 is 0 Å². The molecule has 1 aromatic carbocycles. The highest BCUT2D eigenvalue weighted by molar-refractivity contribution is 7.91. The van der Waals surface area contributed by atoms with E-state index in [4.69, 9.17) is 9.47 Å². The smallest absolute Gasteiger partial charge is 0.254 e. The van der Waals surface area contributed by atoms with Crippen LogP contribution in [0, 0.1) is 6.92 Å². The van der Waals surface area contributed by atoms with Gasteiger partial charge in [0.15, 0.2) is 11.5 Å². The summed E-state index contributed by atoms with van der Waals surface area (Å²) in [7, 11) is -3.50. The highest BCUT2D eigenvalue weighted by Crippen LogP contribution is 2.30. The number of aryl methyl sites for hydroxylation is 1. The maximum Gasteiger partial charge on any atom is 0.254 e. The maximum absolute atomic E-state index is 12.9. The van der Waals surface area contributed by atoms with Gasteiger partial charge in [0.05, 0.1) is 13.2 Å². The van der Waals surface area contributed by atoms with Gasteiger partial charge in [0.1, 0.15) is 4.21 Å². The molecule has 0 unspecified atom stereocenters. The zero-order valence-corrected chi connectivity index (χ0v) is 18.5. The molecule has 2 aromatic rings. The molecular weight excluding hydrogens is 412 g/mol. The largest absolute Gasteiger partial charge is 0.490 e. The Morgan fingerprint density at radius 2 is 1.66 bits per heavy atom. The normalized spacial score (nSPS) is 15.3. The van der Waals surface area contributed by atoms with Crippen LogP contribution in [0.15, 0.2) is 34.5 Å². The van der Waals surface area contributed by atoms with Gasteiger partial charge in [-0.2, -0.15) is 4.31 Å². The summed E-state index contributed by atoms with van der Waals surface area (Å²) in [5.74, 6) is 1.00. The van der Waals surface area contributed by atoms with Crippen molar-refractivity contribution in [1.82, 2.24) is 9.21 Å². The monoisotopic (exact) mass is 438 g/mol. The summed E-state index contributed by atoms with van der Waals surface area (Å²) in [5, 5.41) is 0. The Balaban J connectivity index is 1.69. The lowest BCUT2D eigenvalue weighted by molar-refractivity contribution is 0.0697. The Labute approximate surface area is 175 Å². The predicted molar refractivity (Wildman–Crippen MR) is 112 cm³/mol. The number of benzene rings is 1. The van der Waals surface area contributed by atoms with Gasteiger partial charge in [0.25, 0.3) is 15.9 Å². The van der Waals surface area contributed by atoms with Gasteiger partial charge in [0.2, 0.25) is 0 Å². The van der Waals surface area contributed by atoms with Crippen LogP contribution in [0.4, 0.5) is 0 Å². The van der Waals surface area contributed by atoms with E-state index in [-0.39, 0.29) is 19.0 Å². The SMILES string of the molecule is CCOc1ccc(C(=O)N2CCN(S(=O)(=O)c3ccc(C)s3)CC2)cc1OCC. The molecule has 9 heteroatoms. The fourth-order valence-electron chi connectivity index (χ4n) is 3.18. The van der Waals surface area contributed by atoms with Crippen molar-refractivity contribution in [2.45, 2.75) is 25.0 Å². The Morgan fingerprint density at radius 1 is 1.00 bits per heavy atom. The molecule has 0 radical (unpaired) electrons. The van der Waals surface area contributed by atoms with Crippen LogP contribution < -0.4 is 9.47 Å². The van der Waals surface area contributed by atoms with E-state index in [2.05, 4.69) is 0 Å². The zero-order chi connectivity index (χ0) is 21.0. The minimum absolute atomic E-state index is 0.141. The summed E-state index contributed by atoms with van der Waals surface area (Å²) in [4.78, 5) is 15.6. The van der Waals surface area contributed by atoms with Crippen LogP contribution >= 0.6 is 11.3 Å². The Morgan fingerprint density at radius 3 is 2.24 bits per heavy atom. The molecule has 0 aliphatic carbocycles. The molecule has 7 nitrogen and oxygen atoms in total. The van der Waals surface area contributed by atoms with Crippen LogP contribution in [0.5, 0.6) is 11.5 Å². The summed E-state index contributed by atoms with van der Waals surface area (Å²) in [6, 6.07) is 8.59. The Kier molecular flexibility index (Phi) is 6.81. The molecule has 1 aromatic heterocycles. The number of nitrogens with zero attached hydrogens (tertiary/aromatic N) is 2. The summed E-state index contributed by atoms with van der Waals surface area (Å²) in [6.45, 7) is 7.87. The van der Waals surface area contributed by atoms with Crippen molar-refractivity contribution in [3.63, 3.8) is 0 Å². The fourth-order valence-corrected chi connectivity index (χ4v) is 6.04. The second-order valence-corrected chi connectivity index (χ2v) is 10.0. The summed E-state index contributed by atoms with van der Waals surface area (Å²) in [6.07, 6.45) is 0. The van der Waals surface area contributed by atoms with Crippen molar-refractivity contribution in [3.05, 3.63) is 40.8 Å². The number of hydrogen-bond acceptors (Lipinski definition) is 6. The molecule has 1 saturated heterocycles. The third kappa shape index (κ3) is 4.73. The van der Waals surface area contributed by atoms with Crippen molar-refractivity contribution in [1.29, 1.82) is 0 Å².